The second-order valence-corrected chi connectivity index (χ2v) is 8.08. The van der Waals surface area contributed by atoms with E-state index in [-0.39, 0.29) is 11.9 Å². The van der Waals surface area contributed by atoms with Crippen LogP contribution in [0.5, 0.6) is 0 Å². The molecule has 0 radical (unpaired) electrons. The van der Waals surface area contributed by atoms with Crippen molar-refractivity contribution in [3.05, 3.63) is 77.4 Å². The van der Waals surface area contributed by atoms with Crippen molar-refractivity contribution in [3.8, 4) is 0 Å². The number of quaternary nitrogens is 2. The summed E-state index contributed by atoms with van der Waals surface area (Å²) in [6, 6.07) is 19.1. The molecule has 1 saturated heterocycles. The van der Waals surface area contributed by atoms with Crippen LogP contribution in [0.1, 0.15) is 36.6 Å². The molecule has 3 N–H and O–H groups in total. The van der Waals surface area contributed by atoms with E-state index in [0.717, 1.165) is 39.1 Å². The van der Waals surface area contributed by atoms with Crippen molar-refractivity contribution >= 4 is 12.0 Å². The molecule has 1 aliphatic rings. The van der Waals surface area contributed by atoms with Crippen LogP contribution >= 0.6 is 0 Å². The molecule has 1 amide bonds. The third kappa shape index (κ3) is 6.84. The summed E-state index contributed by atoms with van der Waals surface area (Å²) in [5.74, 6) is 0.152. The number of amides is 1. The van der Waals surface area contributed by atoms with Crippen molar-refractivity contribution in [2.45, 2.75) is 26.3 Å². The Balaban J connectivity index is 1.37. The fourth-order valence-corrected chi connectivity index (χ4v) is 3.91. The standard InChI is InChI=1S/C25H33N3O/c1-3-22-11-13-24(14-12-22)21(2)26-25(29)20-28-18-16-27(17-19-28)15-7-10-23-8-5-4-6-9-23/h4-14,21H,3,15-20H2,1-2H3,(H,26,29)/p+2/b10-7+/t21-/m1/s1. The predicted molar refractivity (Wildman–Crippen MR) is 119 cm³/mol. The number of rotatable bonds is 8. The Kier molecular flexibility index (Phi) is 8.03. The molecule has 0 bridgehead atoms. The molecule has 1 heterocycles. The zero-order valence-corrected chi connectivity index (χ0v) is 17.8. The first-order valence-electron chi connectivity index (χ1n) is 10.9. The smallest absolute Gasteiger partial charge is 0.275 e. The fraction of sp³-hybridized carbons (Fsp3) is 0.400. The lowest BCUT2D eigenvalue weighted by Gasteiger charge is -2.29. The Morgan fingerprint density at radius 1 is 1.00 bits per heavy atom. The van der Waals surface area contributed by atoms with E-state index >= 15 is 0 Å². The largest absolute Gasteiger partial charge is 0.345 e. The van der Waals surface area contributed by atoms with Gasteiger partial charge in [0.05, 0.1) is 12.6 Å². The highest BCUT2D eigenvalue weighted by Gasteiger charge is 2.24. The topological polar surface area (TPSA) is 38.0 Å². The Hall–Kier alpha value is -2.43. The van der Waals surface area contributed by atoms with Gasteiger partial charge in [0.2, 0.25) is 0 Å². The Morgan fingerprint density at radius 3 is 2.31 bits per heavy atom. The van der Waals surface area contributed by atoms with Gasteiger partial charge in [0, 0.05) is 0 Å². The molecule has 29 heavy (non-hydrogen) atoms. The summed E-state index contributed by atoms with van der Waals surface area (Å²) in [7, 11) is 0. The van der Waals surface area contributed by atoms with Crippen LogP contribution in [-0.4, -0.2) is 45.2 Å². The average molecular weight is 394 g/mol. The summed E-state index contributed by atoms with van der Waals surface area (Å²) in [6.07, 6.45) is 5.52. The van der Waals surface area contributed by atoms with Gasteiger partial charge >= 0.3 is 0 Å². The van der Waals surface area contributed by atoms with E-state index in [1.165, 1.54) is 21.6 Å². The van der Waals surface area contributed by atoms with E-state index in [0.29, 0.717) is 6.54 Å². The van der Waals surface area contributed by atoms with Gasteiger partial charge in [-0.3, -0.25) is 4.79 Å². The first-order chi connectivity index (χ1) is 14.1. The maximum atomic E-state index is 12.5. The van der Waals surface area contributed by atoms with Crippen molar-refractivity contribution in [1.29, 1.82) is 0 Å². The van der Waals surface area contributed by atoms with Gasteiger partial charge in [0.1, 0.15) is 26.2 Å². The highest BCUT2D eigenvalue weighted by molar-refractivity contribution is 5.77. The minimum Gasteiger partial charge on any atom is -0.345 e. The van der Waals surface area contributed by atoms with Gasteiger partial charge in [-0.05, 0) is 36.1 Å². The maximum Gasteiger partial charge on any atom is 0.275 e. The molecule has 1 atom stereocenters. The molecule has 0 saturated carbocycles. The van der Waals surface area contributed by atoms with Crippen molar-refractivity contribution in [2.24, 2.45) is 0 Å². The zero-order chi connectivity index (χ0) is 20.5. The molecular weight excluding hydrogens is 358 g/mol. The molecule has 0 spiro atoms. The monoisotopic (exact) mass is 393 g/mol. The van der Waals surface area contributed by atoms with Crippen molar-refractivity contribution in [3.63, 3.8) is 0 Å². The van der Waals surface area contributed by atoms with Gasteiger partial charge in [-0.2, -0.15) is 0 Å². The van der Waals surface area contributed by atoms with Gasteiger partial charge in [-0.25, -0.2) is 0 Å². The van der Waals surface area contributed by atoms with Crippen LogP contribution < -0.4 is 15.1 Å². The number of hydrogen-bond acceptors (Lipinski definition) is 1. The Bertz CT molecular complexity index is 777. The molecule has 1 fully saturated rings. The second-order valence-electron chi connectivity index (χ2n) is 8.08. The van der Waals surface area contributed by atoms with Crippen molar-refractivity contribution in [1.82, 2.24) is 5.32 Å². The SMILES string of the molecule is CCc1ccc([C@@H](C)NC(=O)C[NH+]2CC[NH+](C/C=C/c3ccccc3)CC2)cc1. The summed E-state index contributed by atoms with van der Waals surface area (Å²) >= 11 is 0. The van der Waals surface area contributed by atoms with Crippen LogP contribution in [-0.2, 0) is 11.2 Å². The van der Waals surface area contributed by atoms with Gasteiger partial charge < -0.3 is 15.1 Å². The van der Waals surface area contributed by atoms with Crippen molar-refractivity contribution in [2.75, 3.05) is 39.3 Å². The fourth-order valence-electron chi connectivity index (χ4n) is 3.91. The summed E-state index contributed by atoms with van der Waals surface area (Å²) < 4.78 is 0. The highest BCUT2D eigenvalue weighted by atomic mass is 16.2. The van der Waals surface area contributed by atoms with Crippen LogP contribution in [0.25, 0.3) is 6.08 Å². The van der Waals surface area contributed by atoms with Crippen LogP contribution in [0, 0.1) is 0 Å². The third-order valence-corrected chi connectivity index (χ3v) is 5.86. The van der Waals surface area contributed by atoms with Crippen molar-refractivity contribution < 1.29 is 14.6 Å². The molecular formula is C25H35N3O+2. The zero-order valence-electron chi connectivity index (χ0n) is 17.8. The van der Waals surface area contributed by atoms with Crippen LogP contribution in [0.2, 0.25) is 0 Å². The summed E-state index contributed by atoms with van der Waals surface area (Å²) in [5, 5.41) is 3.17. The lowest BCUT2D eigenvalue weighted by molar-refractivity contribution is -1.01. The molecule has 4 heteroatoms. The number of carbonyl (C=O) groups excluding carboxylic acids is 1. The van der Waals surface area contributed by atoms with E-state index in [4.69, 9.17) is 0 Å². The lowest BCUT2D eigenvalue weighted by atomic mass is 10.1. The first kappa shape index (κ1) is 21.3. The summed E-state index contributed by atoms with van der Waals surface area (Å²) in [5.41, 5.74) is 3.76. The molecule has 2 aromatic carbocycles. The van der Waals surface area contributed by atoms with Crippen LogP contribution in [0.3, 0.4) is 0 Å². The maximum absolute atomic E-state index is 12.5. The number of aryl methyl sites for hydroxylation is 1. The lowest BCUT2D eigenvalue weighted by Crippen LogP contribution is -3.28. The van der Waals surface area contributed by atoms with Gasteiger partial charge in [-0.15, -0.1) is 0 Å². The van der Waals surface area contributed by atoms with Gasteiger partial charge in [-0.1, -0.05) is 67.6 Å². The minimum absolute atomic E-state index is 0.0582. The Labute approximate surface area is 175 Å². The molecule has 4 nitrogen and oxygen atoms in total. The van der Waals surface area contributed by atoms with E-state index in [9.17, 15) is 4.79 Å². The number of piperazine rings is 1. The Morgan fingerprint density at radius 2 is 1.66 bits per heavy atom. The molecule has 2 aromatic rings. The number of hydrogen-bond donors (Lipinski definition) is 3. The summed E-state index contributed by atoms with van der Waals surface area (Å²) in [4.78, 5) is 15.5. The average Bonchev–Trinajstić information content (AvgIpc) is 2.75. The molecule has 154 valence electrons. The van der Waals surface area contributed by atoms with Gasteiger partial charge in [0.25, 0.3) is 5.91 Å². The molecule has 0 unspecified atom stereocenters. The predicted octanol–water partition coefficient (Wildman–Crippen LogP) is 0.923. The molecule has 3 rings (SSSR count). The second kappa shape index (κ2) is 10.9. The van der Waals surface area contributed by atoms with Gasteiger partial charge in [0.15, 0.2) is 6.54 Å². The molecule has 1 aliphatic heterocycles. The van der Waals surface area contributed by atoms with Crippen LogP contribution in [0.15, 0.2) is 60.7 Å². The normalized spacial score (nSPS) is 20.5. The first-order valence-corrected chi connectivity index (χ1v) is 10.9. The third-order valence-electron chi connectivity index (χ3n) is 5.86. The van der Waals surface area contributed by atoms with E-state index in [2.05, 4.69) is 79.8 Å². The van der Waals surface area contributed by atoms with E-state index in [1.54, 1.807) is 4.90 Å². The van der Waals surface area contributed by atoms with Crippen LogP contribution in [0.4, 0.5) is 0 Å². The summed E-state index contributed by atoms with van der Waals surface area (Å²) in [6.45, 7) is 10.2. The highest BCUT2D eigenvalue weighted by Crippen LogP contribution is 2.13. The minimum atomic E-state index is 0.0582. The molecule has 0 aliphatic carbocycles. The van der Waals surface area contributed by atoms with E-state index in [1.807, 2.05) is 6.07 Å². The molecule has 0 aromatic heterocycles. The quantitative estimate of drug-likeness (QED) is 0.613. The number of nitrogens with one attached hydrogen (secondary N) is 3. The number of benzene rings is 2. The number of carbonyl (C=O) groups is 1. The van der Waals surface area contributed by atoms with E-state index < -0.39 is 0 Å².